The van der Waals surface area contributed by atoms with Gasteiger partial charge in [-0.15, -0.1) is 0 Å². The van der Waals surface area contributed by atoms with Gasteiger partial charge in [0.25, 0.3) is 5.92 Å². The summed E-state index contributed by atoms with van der Waals surface area (Å²) in [6, 6.07) is 0. The molecule has 0 unspecified atom stereocenters. The molecular formula is C15H22F2N2O3. The molecule has 0 aromatic rings. The molecule has 2 amide bonds. The predicted molar refractivity (Wildman–Crippen MR) is 74.2 cm³/mol. The number of halogens is 2. The van der Waals surface area contributed by atoms with Crippen molar-refractivity contribution in [2.45, 2.75) is 50.0 Å². The molecule has 3 aliphatic rings. The molecule has 2 aliphatic heterocycles. The summed E-state index contributed by atoms with van der Waals surface area (Å²) in [4.78, 5) is 27.2. The lowest BCUT2D eigenvalue weighted by molar-refractivity contribution is -0.166. The van der Waals surface area contributed by atoms with Gasteiger partial charge in [-0.3, -0.25) is 9.59 Å². The Kier molecular flexibility index (Phi) is 3.47. The third-order valence-corrected chi connectivity index (χ3v) is 5.36. The van der Waals surface area contributed by atoms with Crippen LogP contribution in [-0.4, -0.2) is 64.9 Å². The van der Waals surface area contributed by atoms with E-state index in [9.17, 15) is 23.5 Å². The number of aliphatic hydroxyl groups is 1. The van der Waals surface area contributed by atoms with Crippen molar-refractivity contribution >= 4 is 11.8 Å². The van der Waals surface area contributed by atoms with Crippen molar-refractivity contribution in [1.29, 1.82) is 0 Å². The van der Waals surface area contributed by atoms with Gasteiger partial charge in [-0.25, -0.2) is 8.78 Å². The van der Waals surface area contributed by atoms with E-state index in [1.807, 2.05) is 0 Å². The second-order valence-electron chi connectivity index (χ2n) is 7.29. The van der Waals surface area contributed by atoms with Crippen molar-refractivity contribution in [2.24, 2.45) is 5.41 Å². The molecule has 22 heavy (non-hydrogen) atoms. The molecule has 2 heterocycles. The van der Waals surface area contributed by atoms with Gasteiger partial charge in [0.05, 0.1) is 24.0 Å². The number of piperidine rings is 1. The van der Waals surface area contributed by atoms with Crippen LogP contribution in [0.15, 0.2) is 0 Å². The van der Waals surface area contributed by atoms with E-state index < -0.39 is 35.8 Å². The Morgan fingerprint density at radius 3 is 2.45 bits per heavy atom. The smallest absolute Gasteiger partial charge is 0.266 e. The molecule has 0 radical (unpaired) electrons. The molecule has 2 saturated heterocycles. The molecule has 0 aromatic carbocycles. The van der Waals surface area contributed by atoms with Crippen LogP contribution in [0.2, 0.25) is 0 Å². The van der Waals surface area contributed by atoms with E-state index in [4.69, 9.17) is 0 Å². The van der Waals surface area contributed by atoms with Gasteiger partial charge >= 0.3 is 0 Å². The van der Waals surface area contributed by atoms with Crippen molar-refractivity contribution in [2.75, 3.05) is 26.7 Å². The second kappa shape index (κ2) is 4.88. The molecule has 0 bridgehead atoms. The van der Waals surface area contributed by atoms with Crippen LogP contribution >= 0.6 is 0 Å². The summed E-state index contributed by atoms with van der Waals surface area (Å²) in [7, 11) is 1.60. The van der Waals surface area contributed by atoms with Gasteiger partial charge in [-0.05, 0) is 25.7 Å². The van der Waals surface area contributed by atoms with Crippen LogP contribution in [0.1, 0.15) is 38.5 Å². The molecular weight excluding hydrogens is 294 g/mol. The number of hydrogen-bond acceptors (Lipinski definition) is 3. The fourth-order valence-electron chi connectivity index (χ4n) is 3.94. The number of likely N-dealkylation sites (tertiary alicyclic amines) is 2. The number of nitrogens with zero attached hydrogens (tertiary/aromatic N) is 2. The van der Waals surface area contributed by atoms with Crippen LogP contribution in [0.25, 0.3) is 0 Å². The van der Waals surface area contributed by atoms with Gasteiger partial charge in [-0.2, -0.15) is 0 Å². The standard InChI is InChI=1S/C15H22F2N2O3/c1-18-6-5-13(12(18)21)8-15(16,17)10-19(9-13)11(20)7-14(22)3-2-4-14/h22H,2-10H2,1H3/t13-/m0/s1. The molecule has 0 aromatic heterocycles. The minimum Gasteiger partial charge on any atom is -0.389 e. The Bertz CT molecular complexity index is 507. The van der Waals surface area contributed by atoms with Gasteiger partial charge in [0.2, 0.25) is 11.8 Å². The van der Waals surface area contributed by atoms with E-state index >= 15 is 0 Å². The third-order valence-electron chi connectivity index (χ3n) is 5.36. The number of carbonyl (C=O) groups excluding carboxylic acids is 2. The van der Waals surface area contributed by atoms with Gasteiger partial charge in [-0.1, -0.05) is 0 Å². The summed E-state index contributed by atoms with van der Waals surface area (Å²) in [5, 5.41) is 10.1. The van der Waals surface area contributed by atoms with Gasteiger partial charge in [0, 0.05) is 26.6 Å². The number of amides is 2. The molecule has 5 nitrogen and oxygen atoms in total. The van der Waals surface area contributed by atoms with E-state index in [1.165, 1.54) is 4.90 Å². The van der Waals surface area contributed by atoms with Crippen molar-refractivity contribution in [1.82, 2.24) is 9.80 Å². The maximum Gasteiger partial charge on any atom is 0.266 e. The highest BCUT2D eigenvalue weighted by Crippen LogP contribution is 2.46. The fraction of sp³-hybridized carbons (Fsp3) is 0.867. The molecule has 1 N–H and O–H groups in total. The minimum absolute atomic E-state index is 0.0423. The Hall–Kier alpha value is -1.24. The largest absolute Gasteiger partial charge is 0.389 e. The van der Waals surface area contributed by atoms with Crippen LogP contribution in [0, 0.1) is 5.41 Å². The highest BCUT2D eigenvalue weighted by molar-refractivity contribution is 5.86. The maximum atomic E-state index is 14.1. The van der Waals surface area contributed by atoms with Gasteiger partial charge in [0.1, 0.15) is 0 Å². The van der Waals surface area contributed by atoms with Gasteiger partial charge in [0.15, 0.2) is 0 Å². The first kappa shape index (κ1) is 15.6. The predicted octanol–water partition coefficient (Wildman–Crippen LogP) is 1.01. The molecule has 124 valence electrons. The summed E-state index contributed by atoms with van der Waals surface area (Å²) >= 11 is 0. The Balaban J connectivity index is 1.77. The first-order valence-electron chi connectivity index (χ1n) is 7.78. The van der Waals surface area contributed by atoms with Crippen LogP contribution in [-0.2, 0) is 9.59 Å². The molecule has 7 heteroatoms. The molecule has 1 aliphatic carbocycles. The maximum absolute atomic E-state index is 14.1. The molecule has 3 rings (SSSR count). The molecule has 3 fully saturated rings. The van der Waals surface area contributed by atoms with E-state index in [0.717, 1.165) is 11.3 Å². The summed E-state index contributed by atoms with van der Waals surface area (Å²) < 4.78 is 28.2. The number of alkyl halides is 2. The summed E-state index contributed by atoms with van der Waals surface area (Å²) in [6.45, 7) is -0.164. The van der Waals surface area contributed by atoms with Crippen LogP contribution in [0.3, 0.4) is 0 Å². The number of rotatable bonds is 2. The van der Waals surface area contributed by atoms with Gasteiger partial charge < -0.3 is 14.9 Å². The fourth-order valence-corrected chi connectivity index (χ4v) is 3.94. The SMILES string of the molecule is CN1CC[C@]2(CN(C(=O)CC3(O)CCC3)CC(F)(F)C2)C1=O. The zero-order valence-electron chi connectivity index (χ0n) is 12.8. The Morgan fingerprint density at radius 2 is 1.95 bits per heavy atom. The van der Waals surface area contributed by atoms with E-state index in [-0.39, 0.29) is 18.9 Å². The van der Waals surface area contributed by atoms with E-state index in [0.29, 0.717) is 25.8 Å². The number of carbonyl (C=O) groups is 2. The highest BCUT2D eigenvalue weighted by Gasteiger charge is 2.57. The lowest BCUT2D eigenvalue weighted by Crippen LogP contribution is -2.58. The lowest BCUT2D eigenvalue weighted by atomic mass is 9.75. The van der Waals surface area contributed by atoms with Crippen molar-refractivity contribution in [3.8, 4) is 0 Å². The minimum atomic E-state index is -3.06. The zero-order valence-corrected chi connectivity index (χ0v) is 12.8. The summed E-state index contributed by atoms with van der Waals surface area (Å²) in [5.41, 5.74) is -2.19. The first-order chi connectivity index (χ1) is 10.1. The van der Waals surface area contributed by atoms with Crippen molar-refractivity contribution < 1.29 is 23.5 Å². The second-order valence-corrected chi connectivity index (χ2v) is 7.29. The average Bonchev–Trinajstić information content (AvgIpc) is 2.63. The summed E-state index contributed by atoms with van der Waals surface area (Å²) in [6.07, 6.45) is 1.67. The monoisotopic (exact) mass is 316 g/mol. The molecule has 1 atom stereocenters. The lowest BCUT2D eigenvalue weighted by Gasteiger charge is -2.44. The zero-order chi connectivity index (χ0) is 16.2. The van der Waals surface area contributed by atoms with Crippen LogP contribution in [0.5, 0.6) is 0 Å². The van der Waals surface area contributed by atoms with E-state index in [2.05, 4.69) is 0 Å². The van der Waals surface area contributed by atoms with Crippen LogP contribution in [0.4, 0.5) is 8.78 Å². The molecule has 1 saturated carbocycles. The van der Waals surface area contributed by atoms with Crippen LogP contribution < -0.4 is 0 Å². The average molecular weight is 316 g/mol. The van der Waals surface area contributed by atoms with E-state index in [1.54, 1.807) is 7.05 Å². The molecule has 1 spiro atoms. The first-order valence-corrected chi connectivity index (χ1v) is 7.78. The normalized spacial score (nSPS) is 33.2. The Labute approximate surface area is 128 Å². The number of hydrogen-bond donors (Lipinski definition) is 1. The highest BCUT2D eigenvalue weighted by atomic mass is 19.3. The Morgan fingerprint density at radius 1 is 1.27 bits per heavy atom. The quantitative estimate of drug-likeness (QED) is 0.827. The van der Waals surface area contributed by atoms with Crippen molar-refractivity contribution in [3.63, 3.8) is 0 Å². The summed E-state index contributed by atoms with van der Waals surface area (Å²) in [5.74, 6) is -3.83. The van der Waals surface area contributed by atoms with Crippen molar-refractivity contribution in [3.05, 3.63) is 0 Å². The third kappa shape index (κ3) is 2.59. The topological polar surface area (TPSA) is 60.9 Å².